The summed E-state index contributed by atoms with van der Waals surface area (Å²) in [5.74, 6) is 1.01. The molecule has 0 saturated carbocycles. The van der Waals surface area contributed by atoms with E-state index in [1.54, 1.807) is 11.3 Å². The van der Waals surface area contributed by atoms with Gasteiger partial charge in [-0.3, -0.25) is 4.57 Å². The van der Waals surface area contributed by atoms with Crippen molar-refractivity contribution in [3.8, 4) is 17.1 Å². The lowest BCUT2D eigenvalue weighted by atomic mass is 10.0. The highest BCUT2D eigenvalue weighted by Crippen LogP contribution is 2.39. The third-order valence-corrected chi connectivity index (χ3v) is 7.29. The fourth-order valence-electron chi connectivity index (χ4n) is 5.02. The zero-order chi connectivity index (χ0) is 22.0. The summed E-state index contributed by atoms with van der Waals surface area (Å²) in [4.78, 5) is 5.15. The molecular formula is C29H24N2S. The molecule has 0 unspecified atom stereocenters. The van der Waals surface area contributed by atoms with Crippen molar-refractivity contribution in [1.29, 1.82) is 0 Å². The van der Waals surface area contributed by atoms with E-state index >= 15 is 0 Å². The van der Waals surface area contributed by atoms with Crippen LogP contribution in [0.3, 0.4) is 0 Å². The van der Waals surface area contributed by atoms with Gasteiger partial charge in [-0.25, -0.2) is 4.98 Å². The van der Waals surface area contributed by atoms with E-state index in [1.165, 1.54) is 54.4 Å². The van der Waals surface area contributed by atoms with Crippen molar-refractivity contribution in [2.24, 2.45) is 0 Å². The van der Waals surface area contributed by atoms with E-state index in [0.717, 1.165) is 16.9 Å². The van der Waals surface area contributed by atoms with Gasteiger partial charge in [0.1, 0.15) is 5.82 Å². The first-order valence-corrected chi connectivity index (χ1v) is 11.9. The van der Waals surface area contributed by atoms with E-state index in [9.17, 15) is 0 Å². The lowest BCUT2D eigenvalue weighted by Crippen LogP contribution is -2.03. The Kier molecular flexibility index (Phi) is 4.24. The third kappa shape index (κ3) is 2.89. The Bertz CT molecular complexity index is 1640. The molecule has 3 heteroatoms. The van der Waals surface area contributed by atoms with Crippen molar-refractivity contribution in [3.05, 3.63) is 94.4 Å². The summed E-state index contributed by atoms with van der Waals surface area (Å²) in [7, 11) is 0. The van der Waals surface area contributed by atoms with Crippen LogP contribution >= 0.6 is 11.3 Å². The second kappa shape index (κ2) is 7.04. The van der Waals surface area contributed by atoms with Crippen LogP contribution in [0.4, 0.5) is 0 Å². The van der Waals surface area contributed by atoms with Crippen molar-refractivity contribution in [1.82, 2.24) is 9.55 Å². The van der Waals surface area contributed by atoms with E-state index in [2.05, 4.69) is 104 Å². The summed E-state index contributed by atoms with van der Waals surface area (Å²) in [6.07, 6.45) is 0. The van der Waals surface area contributed by atoms with Crippen LogP contribution < -0.4 is 0 Å². The standard InChI is InChI=1S/C29H24N2S/c1-17-9-10-21-15-27-23(14-22(21)13-17)24(16-32-27)29-30-25-7-5-6-8-26(25)31(29)28-19(3)11-18(2)12-20(28)4/h5-16H,1-4H3. The van der Waals surface area contributed by atoms with Gasteiger partial charge in [-0.05, 0) is 73.9 Å². The zero-order valence-corrected chi connectivity index (χ0v) is 19.5. The van der Waals surface area contributed by atoms with Gasteiger partial charge in [-0.2, -0.15) is 0 Å². The van der Waals surface area contributed by atoms with Crippen LogP contribution in [0.25, 0.3) is 49.0 Å². The molecule has 6 aromatic rings. The van der Waals surface area contributed by atoms with Crippen LogP contribution in [-0.4, -0.2) is 9.55 Å². The molecule has 0 aliphatic heterocycles. The molecule has 6 rings (SSSR count). The van der Waals surface area contributed by atoms with Crippen molar-refractivity contribution >= 4 is 43.2 Å². The number of hydrogen-bond donors (Lipinski definition) is 0. The Morgan fingerprint density at radius 2 is 1.53 bits per heavy atom. The molecule has 0 aliphatic carbocycles. The maximum absolute atomic E-state index is 5.15. The molecule has 0 aliphatic rings. The molecule has 0 bridgehead atoms. The summed E-state index contributed by atoms with van der Waals surface area (Å²) < 4.78 is 3.66. The van der Waals surface area contributed by atoms with E-state index in [4.69, 9.17) is 4.98 Å². The number of imidazole rings is 1. The van der Waals surface area contributed by atoms with Crippen molar-refractivity contribution < 1.29 is 0 Å². The number of benzene rings is 4. The van der Waals surface area contributed by atoms with Gasteiger partial charge >= 0.3 is 0 Å². The number of aryl methyl sites for hydroxylation is 4. The quantitative estimate of drug-likeness (QED) is 0.269. The lowest BCUT2D eigenvalue weighted by Gasteiger charge is -2.16. The molecule has 2 nitrogen and oxygen atoms in total. The van der Waals surface area contributed by atoms with Crippen LogP contribution in [-0.2, 0) is 0 Å². The van der Waals surface area contributed by atoms with E-state index in [0.29, 0.717) is 0 Å². The Morgan fingerprint density at radius 3 is 2.34 bits per heavy atom. The summed E-state index contributed by atoms with van der Waals surface area (Å²) in [5, 5.41) is 6.11. The number of thiophene rings is 1. The number of nitrogens with zero attached hydrogens (tertiary/aromatic N) is 2. The molecule has 32 heavy (non-hydrogen) atoms. The van der Waals surface area contributed by atoms with Crippen molar-refractivity contribution in [2.75, 3.05) is 0 Å². The largest absolute Gasteiger partial charge is 0.292 e. The SMILES string of the molecule is Cc1cc(C)c(-n2c(-c3csc4cc5ccc(C)cc5cc34)nc3ccccc32)c(C)c1. The number of hydrogen-bond acceptors (Lipinski definition) is 2. The molecule has 0 N–H and O–H groups in total. The molecule has 0 spiro atoms. The Hall–Kier alpha value is -3.43. The first-order valence-electron chi connectivity index (χ1n) is 11.0. The fourth-order valence-corrected chi connectivity index (χ4v) is 5.99. The van der Waals surface area contributed by atoms with Gasteiger partial charge in [0.2, 0.25) is 0 Å². The molecule has 2 heterocycles. The average Bonchev–Trinajstić information content (AvgIpc) is 3.32. The zero-order valence-electron chi connectivity index (χ0n) is 18.7. The average molecular weight is 433 g/mol. The highest BCUT2D eigenvalue weighted by molar-refractivity contribution is 7.17. The first kappa shape index (κ1) is 19.3. The van der Waals surface area contributed by atoms with Gasteiger partial charge in [0, 0.05) is 21.0 Å². The van der Waals surface area contributed by atoms with Crippen LogP contribution in [0.2, 0.25) is 0 Å². The summed E-state index contributed by atoms with van der Waals surface area (Å²) in [6, 6.07) is 24.3. The Labute approximate surface area is 191 Å². The van der Waals surface area contributed by atoms with Crippen LogP contribution in [0, 0.1) is 27.7 Å². The molecule has 4 aromatic carbocycles. The minimum absolute atomic E-state index is 1.01. The highest BCUT2D eigenvalue weighted by atomic mass is 32.1. The normalized spacial score (nSPS) is 11.8. The van der Waals surface area contributed by atoms with E-state index < -0.39 is 0 Å². The predicted molar refractivity (Wildman–Crippen MR) is 138 cm³/mol. The second-order valence-corrected chi connectivity index (χ2v) is 9.77. The van der Waals surface area contributed by atoms with Gasteiger partial charge in [0.15, 0.2) is 0 Å². The summed E-state index contributed by atoms with van der Waals surface area (Å²) in [6.45, 7) is 8.72. The number of fused-ring (bicyclic) bond motifs is 3. The van der Waals surface area contributed by atoms with Crippen LogP contribution in [0.1, 0.15) is 22.3 Å². The molecule has 0 fully saturated rings. The summed E-state index contributed by atoms with van der Waals surface area (Å²) in [5.41, 5.74) is 9.72. The van der Waals surface area contributed by atoms with Gasteiger partial charge in [0.25, 0.3) is 0 Å². The number of aromatic nitrogens is 2. The second-order valence-electron chi connectivity index (χ2n) is 8.86. The molecule has 0 radical (unpaired) electrons. The monoisotopic (exact) mass is 432 g/mol. The number of rotatable bonds is 2. The molecule has 0 saturated heterocycles. The smallest absolute Gasteiger partial charge is 0.147 e. The maximum Gasteiger partial charge on any atom is 0.147 e. The van der Waals surface area contributed by atoms with Gasteiger partial charge < -0.3 is 0 Å². The van der Waals surface area contributed by atoms with E-state index in [1.807, 2.05) is 0 Å². The van der Waals surface area contributed by atoms with Crippen LogP contribution in [0.15, 0.2) is 72.1 Å². The topological polar surface area (TPSA) is 17.8 Å². The molecular weight excluding hydrogens is 408 g/mol. The summed E-state index contributed by atoms with van der Waals surface area (Å²) >= 11 is 1.80. The fraction of sp³-hybridized carbons (Fsp3) is 0.138. The van der Waals surface area contributed by atoms with Crippen LogP contribution in [0.5, 0.6) is 0 Å². The van der Waals surface area contributed by atoms with Crippen molar-refractivity contribution in [3.63, 3.8) is 0 Å². The lowest BCUT2D eigenvalue weighted by molar-refractivity contribution is 1.06. The minimum Gasteiger partial charge on any atom is -0.292 e. The molecule has 2 aromatic heterocycles. The third-order valence-electron chi connectivity index (χ3n) is 6.35. The predicted octanol–water partition coefficient (Wildman–Crippen LogP) is 8.29. The van der Waals surface area contributed by atoms with Crippen molar-refractivity contribution in [2.45, 2.75) is 27.7 Å². The van der Waals surface area contributed by atoms with E-state index in [-0.39, 0.29) is 0 Å². The molecule has 156 valence electrons. The Balaban J connectivity index is 1.71. The highest BCUT2D eigenvalue weighted by Gasteiger charge is 2.20. The number of para-hydroxylation sites is 2. The molecule has 0 atom stereocenters. The first-order chi connectivity index (χ1) is 15.5. The molecule has 0 amide bonds. The van der Waals surface area contributed by atoms with Gasteiger partial charge in [0.05, 0.1) is 16.7 Å². The van der Waals surface area contributed by atoms with Gasteiger partial charge in [-0.1, -0.05) is 53.6 Å². The minimum atomic E-state index is 1.01. The van der Waals surface area contributed by atoms with Gasteiger partial charge in [-0.15, -0.1) is 11.3 Å². The maximum atomic E-state index is 5.15. The Morgan fingerprint density at radius 1 is 0.750 bits per heavy atom.